The molecule has 3 atom stereocenters. The minimum atomic E-state index is -0.958. The van der Waals surface area contributed by atoms with E-state index in [0.717, 1.165) is 40.7 Å². The molecule has 0 radical (unpaired) electrons. The number of nitrogens with zero attached hydrogens (tertiary/aromatic N) is 3. The average molecular weight is 382 g/mol. The third-order valence-electron chi connectivity index (χ3n) is 5.52. The lowest BCUT2D eigenvalue weighted by atomic mass is 9.79. The predicted octanol–water partition coefficient (Wildman–Crippen LogP) is 3.25. The fourth-order valence-electron chi connectivity index (χ4n) is 4.13. The van der Waals surface area contributed by atoms with Gasteiger partial charge in [-0.2, -0.15) is 5.10 Å². The molecule has 0 aromatic carbocycles. The number of piperidine rings is 1. The second-order valence-electron chi connectivity index (χ2n) is 7.65. The highest BCUT2D eigenvalue weighted by Crippen LogP contribution is 2.51. The predicted molar refractivity (Wildman–Crippen MR) is 98.8 cm³/mol. The number of aliphatic hydroxyl groups is 1. The van der Waals surface area contributed by atoms with Gasteiger partial charge in [0.05, 0.1) is 17.1 Å². The topological polar surface area (TPSA) is 50.5 Å². The maximum atomic E-state index is 10.7. The van der Waals surface area contributed by atoms with Gasteiger partial charge < -0.3 is 9.84 Å². The van der Waals surface area contributed by atoms with Gasteiger partial charge in [-0.1, -0.05) is 11.6 Å². The van der Waals surface area contributed by atoms with Crippen molar-refractivity contribution in [3.63, 3.8) is 0 Å². The Morgan fingerprint density at radius 2 is 2.32 bits per heavy atom. The first-order valence-corrected chi connectivity index (χ1v) is 9.87. The summed E-state index contributed by atoms with van der Waals surface area (Å²) < 4.78 is 8.86. The van der Waals surface area contributed by atoms with Crippen molar-refractivity contribution in [1.29, 1.82) is 0 Å². The lowest BCUT2D eigenvalue weighted by molar-refractivity contribution is -0.167. The summed E-state index contributed by atoms with van der Waals surface area (Å²) in [7, 11) is 1.95. The number of rotatable bonds is 2. The zero-order valence-electron chi connectivity index (χ0n) is 14.8. The fourth-order valence-corrected chi connectivity index (χ4v) is 5.67. The molecule has 0 amide bonds. The third kappa shape index (κ3) is 3.04. The second-order valence-corrected chi connectivity index (χ2v) is 9.33. The Hall–Kier alpha value is -0.920. The number of halogens is 1. The van der Waals surface area contributed by atoms with Gasteiger partial charge >= 0.3 is 0 Å². The number of fused-ring (bicyclic) bond motifs is 2. The van der Waals surface area contributed by atoms with Crippen LogP contribution in [-0.4, -0.2) is 39.0 Å². The first-order chi connectivity index (χ1) is 11.8. The van der Waals surface area contributed by atoms with Crippen LogP contribution in [0.4, 0.5) is 0 Å². The maximum Gasteiger partial charge on any atom is 0.111 e. The quantitative estimate of drug-likeness (QED) is 0.867. The standard InChI is InChI=1S/C18H24ClN3O2S/c1-12-7-18(4-5-22(12)10-13-8-20-21(3)9-13)16-14(6-15(19)25-16)17(2,23)11-24-18/h6,8-9,12,23H,4-5,7,10-11H2,1-3H3. The van der Waals surface area contributed by atoms with Crippen LogP contribution in [0, 0.1) is 0 Å². The van der Waals surface area contributed by atoms with Crippen molar-refractivity contribution < 1.29 is 9.84 Å². The molecule has 7 heteroatoms. The number of hydrogen-bond acceptors (Lipinski definition) is 5. The van der Waals surface area contributed by atoms with Crippen LogP contribution in [-0.2, 0) is 29.5 Å². The SMILES string of the molecule is CC1CC2(CCN1Cc1cnn(C)c1)OCC(C)(O)c1cc(Cl)sc12. The van der Waals surface area contributed by atoms with Crippen LogP contribution in [0.15, 0.2) is 18.5 Å². The van der Waals surface area contributed by atoms with Gasteiger partial charge in [-0.05, 0) is 32.8 Å². The summed E-state index contributed by atoms with van der Waals surface area (Å²) in [4.78, 5) is 3.59. The lowest BCUT2D eigenvalue weighted by Crippen LogP contribution is -2.52. The zero-order valence-corrected chi connectivity index (χ0v) is 16.4. The molecule has 1 saturated heterocycles. The summed E-state index contributed by atoms with van der Waals surface area (Å²) in [5, 5.41) is 14.9. The van der Waals surface area contributed by atoms with Gasteiger partial charge in [-0.25, -0.2) is 0 Å². The normalized spacial score (nSPS) is 32.9. The number of hydrogen-bond donors (Lipinski definition) is 1. The molecule has 1 N–H and O–H groups in total. The van der Waals surface area contributed by atoms with Crippen molar-refractivity contribution in [3.8, 4) is 0 Å². The minimum absolute atomic E-state index is 0.319. The molecular weight excluding hydrogens is 358 g/mol. The molecule has 2 aromatic heterocycles. The van der Waals surface area contributed by atoms with Crippen molar-refractivity contribution in [3.05, 3.63) is 38.8 Å². The summed E-state index contributed by atoms with van der Waals surface area (Å²) >= 11 is 7.84. The van der Waals surface area contributed by atoms with Crippen LogP contribution in [0.2, 0.25) is 4.34 Å². The number of likely N-dealkylation sites (tertiary alicyclic amines) is 1. The molecule has 0 aliphatic carbocycles. The van der Waals surface area contributed by atoms with E-state index in [1.54, 1.807) is 11.3 Å². The molecule has 25 heavy (non-hydrogen) atoms. The van der Waals surface area contributed by atoms with Gasteiger partial charge in [0.25, 0.3) is 0 Å². The molecule has 2 aromatic rings. The van der Waals surface area contributed by atoms with Crippen LogP contribution < -0.4 is 0 Å². The Labute approximate surface area is 157 Å². The van der Waals surface area contributed by atoms with Crippen LogP contribution in [0.5, 0.6) is 0 Å². The molecule has 136 valence electrons. The average Bonchev–Trinajstić information content (AvgIpc) is 3.14. The number of aryl methyl sites for hydroxylation is 1. The van der Waals surface area contributed by atoms with Gasteiger partial charge in [0, 0.05) is 48.4 Å². The molecule has 1 spiro atoms. The van der Waals surface area contributed by atoms with Gasteiger partial charge in [0.2, 0.25) is 0 Å². The summed E-state index contributed by atoms with van der Waals surface area (Å²) in [6.45, 7) is 6.24. The summed E-state index contributed by atoms with van der Waals surface area (Å²) in [6, 6.07) is 2.30. The minimum Gasteiger partial charge on any atom is -0.383 e. The maximum absolute atomic E-state index is 10.7. The Kier molecular flexibility index (Phi) is 4.24. The molecular formula is C18H24ClN3O2S. The number of thiophene rings is 1. The van der Waals surface area contributed by atoms with E-state index >= 15 is 0 Å². The molecule has 0 saturated carbocycles. The first kappa shape index (κ1) is 17.5. The van der Waals surface area contributed by atoms with E-state index in [-0.39, 0.29) is 5.60 Å². The second kappa shape index (κ2) is 6.06. The molecule has 4 rings (SSSR count). The summed E-state index contributed by atoms with van der Waals surface area (Å²) in [5.74, 6) is 0. The third-order valence-corrected chi connectivity index (χ3v) is 6.97. The fraction of sp³-hybridized carbons (Fsp3) is 0.611. The van der Waals surface area contributed by atoms with Crippen molar-refractivity contribution in [2.45, 2.75) is 50.5 Å². The van der Waals surface area contributed by atoms with E-state index in [1.165, 1.54) is 5.56 Å². The highest BCUT2D eigenvalue weighted by atomic mass is 35.5. The molecule has 4 heterocycles. The monoisotopic (exact) mass is 381 g/mol. The van der Waals surface area contributed by atoms with Crippen LogP contribution in [0.25, 0.3) is 0 Å². The van der Waals surface area contributed by atoms with Gasteiger partial charge in [0.1, 0.15) is 11.2 Å². The van der Waals surface area contributed by atoms with E-state index in [0.29, 0.717) is 12.6 Å². The van der Waals surface area contributed by atoms with Crippen molar-refractivity contribution in [1.82, 2.24) is 14.7 Å². The van der Waals surface area contributed by atoms with Crippen molar-refractivity contribution in [2.75, 3.05) is 13.2 Å². The Morgan fingerprint density at radius 3 is 3.00 bits per heavy atom. The van der Waals surface area contributed by atoms with E-state index in [2.05, 4.69) is 23.1 Å². The summed E-state index contributed by atoms with van der Waals surface area (Å²) in [5.41, 5.74) is 0.903. The van der Waals surface area contributed by atoms with Crippen molar-refractivity contribution >= 4 is 22.9 Å². The Bertz CT molecular complexity index is 787. The zero-order chi connectivity index (χ0) is 17.8. The molecule has 2 aliphatic rings. The molecule has 1 fully saturated rings. The Balaban J connectivity index is 1.57. The lowest BCUT2D eigenvalue weighted by Gasteiger charge is -2.49. The van der Waals surface area contributed by atoms with Crippen molar-refractivity contribution in [2.24, 2.45) is 7.05 Å². The molecule has 5 nitrogen and oxygen atoms in total. The molecule has 0 bridgehead atoms. The van der Waals surface area contributed by atoms with Gasteiger partial charge in [-0.3, -0.25) is 9.58 Å². The van der Waals surface area contributed by atoms with E-state index < -0.39 is 5.60 Å². The highest BCUT2D eigenvalue weighted by Gasteiger charge is 2.49. The van der Waals surface area contributed by atoms with E-state index in [4.69, 9.17) is 16.3 Å². The van der Waals surface area contributed by atoms with Crippen LogP contribution >= 0.6 is 22.9 Å². The summed E-state index contributed by atoms with van der Waals surface area (Å²) in [6.07, 6.45) is 5.83. The van der Waals surface area contributed by atoms with Crippen LogP contribution in [0.3, 0.4) is 0 Å². The highest BCUT2D eigenvalue weighted by molar-refractivity contribution is 7.16. The molecule has 2 aliphatic heterocycles. The molecule has 3 unspecified atom stereocenters. The largest absolute Gasteiger partial charge is 0.383 e. The Morgan fingerprint density at radius 1 is 1.52 bits per heavy atom. The number of aromatic nitrogens is 2. The number of ether oxygens (including phenoxy) is 1. The first-order valence-electron chi connectivity index (χ1n) is 8.67. The van der Waals surface area contributed by atoms with E-state index in [9.17, 15) is 5.11 Å². The van der Waals surface area contributed by atoms with E-state index in [1.807, 2.05) is 30.9 Å². The van der Waals surface area contributed by atoms with Crippen LogP contribution in [0.1, 0.15) is 42.7 Å². The smallest absolute Gasteiger partial charge is 0.111 e. The van der Waals surface area contributed by atoms with Gasteiger partial charge in [-0.15, -0.1) is 11.3 Å². The van der Waals surface area contributed by atoms with Gasteiger partial charge in [0.15, 0.2) is 0 Å².